The largest absolute Gasteiger partial charge is 0.478 e. The lowest BCUT2D eigenvalue weighted by molar-refractivity contribution is 0.0696. The molecule has 21 heavy (non-hydrogen) atoms. The van der Waals surface area contributed by atoms with Crippen LogP contribution in [-0.4, -0.2) is 22.2 Å². The van der Waals surface area contributed by atoms with Gasteiger partial charge in [0.05, 0.1) is 11.1 Å². The lowest BCUT2D eigenvalue weighted by Gasteiger charge is -2.08. The smallest absolute Gasteiger partial charge is 0.335 e. The summed E-state index contributed by atoms with van der Waals surface area (Å²) in [6.07, 6.45) is 0. The molecular formula is C14H7F3O4. The fourth-order valence-electron chi connectivity index (χ4n) is 1.78. The molecule has 0 aliphatic rings. The molecule has 0 saturated carbocycles. The van der Waals surface area contributed by atoms with Gasteiger partial charge in [0, 0.05) is 5.56 Å². The number of aromatic carboxylic acids is 2. The normalized spacial score (nSPS) is 10.4. The molecule has 0 aliphatic carbocycles. The third kappa shape index (κ3) is 2.71. The highest BCUT2D eigenvalue weighted by atomic mass is 19.2. The molecule has 2 aromatic carbocycles. The molecular weight excluding hydrogens is 289 g/mol. The van der Waals surface area contributed by atoms with Gasteiger partial charge in [-0.15, -0.1) is 0 Å². The third-order valence-corrected chi connectivity index (χ3v) is 2.77. The molecule has 0 aliphatic heterocycles. The van der Waals surface area contributed by atoms with Crippen molar-refractivity contribution in [3.63, 3.8) is 0 Å². The summed E-state index contributed by atoms with van der Waals surface area (Å²) in [4.78, 5) is 21.9. The van der Waals surface area contributed by atoms with E-state index in [-0.39, 0.29) is 5.56 Å². The Morgan fingerprint density at radius 3 is 1.81 bits per heavy atom. The van der Waals surface area contributed by atoms with Crippen LogP contribution in [-0.2, 0) is 0 Å². The summed E-state index contributed by atoms with van der Waals surface area (Å²) in [7, 11) is 0. The molecule has 0 heterocycles. The summed E-state index contributed by atoms with van der Waals surface area (Å²) < 4.78 is 39.8. The van der Waals surface area contributed by atoms with Crippen LogP contribution in [0.5, 0.6) is 0 Å². The maximum atomic E-state index is 13.7. The van der Waals surface area contributed by atoms with Gasteiger partial charge in [-0.05, 0) is 35.9 Å². The molecule has 0 fully saturated rings. The third-order valence-electron chi connectivity index (χ3n) is 2.77. The van der Waals surface area contributed by atoms with Gasteiger partial charge in [0.1, 0.15) is 0 Å². The van der Waals surface area contributed by atoms with Crippen LogP contribution in [0, 0.1) is 17.5 Å². The number of carbonyl (C=O) groups is 2. The molecule has 0 atom stereocenters. The monoisotopic (exact) mass is 296 g/mol. The van der Waals surface area contributed by atoms with Crippen LogP contribution < -0.4 is 0 Å². The summed E-state index contributed by atoms with van der Waals surface area (Å²) in [6, 6.07) is 4.41. The first-order valence-corrected chi connectivity index (χ1v) is 5.57. The number of carboxylic acids is 2. The number of halogens is 3. The van der Waals surface area contributed by atoms with E-state index in [9.17, 15) is 22.8 Å². The van der Waals surface area contributed by atoms with Gasteiger partial charge in [0.15, 0.2) is 17.5 Å². The van der Waals surface area contributed by atoms with Crippen LogP contribution in [0.3, 0.4) is 0 Å². The molecule has 108 valence electrons. The Balaban J connectivity index is 2.71. The van der Waals surface area contributed by atoms with Crippen LogP contribution in [0.25, 0.3) is 11.1 Å². The number of hydrogen-bond donors (Lipinski definition) is 2. The van der Waals surface area contributed by atoms with Gasteiger partial charge in [0.2, 0.25) is 0 Å². The minimum Gasteiger partial charge on any atom is -0.478 e. The number of hydrogen-bond acceptors (Lipinski definition) is 2. The van der Waals surface area contributed by atoms with Crippen molar-refractivity contribution in [2.75, 3.05) is 0 Å². The molecule has 2 rings (SSSR count). The maximum absolute atomic E-state index is 13.7. The average Bonchev–Trinajstić information content (AvgIpc) is 2.44. The molecule has 0 unspecified atom stereocenters. The highest BCUT2D eigenvalue weighted by Gasteiger charge is 2.18. The quantitative estimate of drug-likeness (QED) is 0.853. The Morgan fingerprint density at radius 2 is 1.33 bits per heavy atom. The lowest BCUT2D eigenvalue weighted by Crippen LogP contribution is -2.04. The second-order valence-corrected chi connectivity index (χ2v) is 4.13. The first kappa shape index (κ1) is 14.6. The fraction of sp³-hybridized carbons (Fsp3) is 0. The highest BCUT2D eigenvalue weighted by Crippen LogP contribution is 2.28. The Labute approximate surface area is 116 Å². The van der Waals surface area contributed by atoms with E-state index in [1.54, 1.807) is 0 Å². The van der Waals surface area contributed by atoms with Crippen molar-refractivity contribution in [2.24, 2.45) is 0 Å². The summed E-state index contributed by atoms with van der Waals surface area (Å²) in [5.74, 6) is -7.49. The molecule has 2 aromatic rings. The zero-order valence-electron chi connectivity index (χ0n) is 10.2. The van der Waals surface area contributed by atoms with Gasteiger partial charge in [-0.2, -0.15) is 0 Å². The summed E-state index contributed by atoms with van der Waals surface area (Å²) in [5.41, 5.74) is -1.42. The van der Waals surface area contributed by atoms with Crippen molar-refractivity contribution in [3.05, 3.63) is 58.9 Å². The zero-order chi connectivity index (χ0) is 15.7. The Kier molecular flexibility index (Phi) is 3.66. The molecule has 0 radical (unpaired) electrons. The predicted octanol–water partition coefficient (Wildman–Crippen LogP) is 3.17. The number of carboxylic acid groups (broad SMARTS) is 2. The zero-order valence-corrected chi connectivity index (χ0v) is 10.2. The Bertz CT molecular complexity index is 724. The van der Waals surface area contributed by atoms with Crippen molar-refractivity contribution in [3.8, 4) is 11.1 Å². The van der Waals surface area contributed by atoms with E-state index < -0.39 is 46.1 Å². The van der Waals surface area contributed by atoms with Crippen LogP contribution in [0.4, 0.5) is 13.2 Å². The molecule has 0 saturated heterocycles. The van der Waals surface area contributed by atoms with Crippen molar-refractivity contribution in [1.29, 1.82) is 0 Å². The van der Waals surface area contributed by atoms with Gasteiger partial charge in [-0.3, -0.25) is 0 Å². The Hall–Kier alpha value is -2.83. The van der Waals surface area contributed by atoms with E-state index >= 15 is 0 Å². The molecule has 7 heteroatoms. The van der Waals surface area contributed by atoms with Crippen LogP contribution in [0.2, 0.25) is 0 Å². The lowest BCUT2D eigenvalue weighted by atomic mass is 9.99. The molecule has 0 spiro atoms. The summed E-state index contributed by atoms with van der Waals surface area (Å²) in [6.45, 7) is 0. The van der Waals surface area contributed by atoms with E-state index in [0.717, 1.165) is 24.3 Å². The summed E-state index contributed by atoms with van der Waals surface area (Å²) >= 11 is 0. The average molecular weight is 296 g/mol. The van der Waals surface area contributed by atoms with Crippen LogP contribution in [0.15, 0.2) is 30.3 Å². The van der Waals surface area contributed by atoms with Gasteiger partial charge in [-0.1, -0.05) is 0 Å². The van der Waals surface area contributed by atoms with Crippen molar-refractivity contribution in [2.45, 2.75) is 0 Å². The molecule has 0 amide bonds. The standard InChI is InChI=1S/C14H7F3O4/c15-10-2-1-9(11(16)12(10)17)6-3-7(13(18)19)5-8(4-6)14(20)21/h1-5H,(H,18,19)(H,20,21). The van der Waals surface area contributed by atoms with Gasteiger partial charge in [-0.25, -0.2) is 22.8 Å². The SMILES string of the molecule is O=C(O)c1cc(C(=O)O)cc(-c2ccc(F)c(F)c2F)c1. The minimum absolute atomic E-state index is 0.177. The van der Waals surface area contributed by atoms with E-state index in [4.69, 9.17) is 10.2 Å². The maximum Gasteiger partial charge on any atom is 0.335 e. The van der Waals surface area contributed by atoms with Crippen LogP contribution in [0.1, 0.15) is 20.7 Å². The van der Waals surface area contributed by atoms with E-state index in [0.29, 0.717) is 6.07 Å². The topological polar surface area (TPSA) is 74.6 Å². The molecule has 4 nitrogen and oxygen atoms in total. The van der Waals surface area contributed by atoms with Gasteiger partial charge < -0.3 is 10.2 Å². The van der Waals surface area contributed by atoms with Crippen molar-refractivity contribution >= 4 is 11.9 Å². The van der Waals surface area contributed by atoms with Crippen molar-refractivity contribution in [1.82, 2.24) is 0 Å². The minimum atomic E-state index is -1.72. The molecule has 0 bridgehead atoms. The molecule has 0 aromatic heterocycles. The highest BCUT2D eigenvalue weighted by molar-refractivity contribution is 5.96. The number of rotatable bonds is 3. The molecule has 2 N–H and O–H groups in total. The summed E-state index contributed by atoms with van der Waals surface area (Å²) in [5, 5.41) is 17.8. The fourth-order valence-corrected chi connectivity index (χ4v) is 1.78. The second-order valence-electron chi connectivity index (χ2n) is 4.13. The first-order chi connectivity index (χ1) is 9.81. The number of benzene rings is 2. The van der Waals surface area contributed by atoms with Gasteiger partial charge in [0.25, 0.3) is 0 Å². The Morgan fingerprint density at radius 1 is 0.810 bits per heavy atom. The second kappa shape index (κ2) is 5.28. The first-order valence-electron chi connectivity index (χ1n) is 5.57. The van der Waals surface area contributed by atoms with Crippen LogP contribution >= 0.6 is 0 Å². The van der Waals surface area contributed by atoms with E-state index in [1.165, 1.54) is 0 Å². The van der Waals surface area contributed by atoms with E-state index in [1.807, 2.05) is 0 Å². The van der Waals surface area contributed by atoms with E-state index in [2.05, 4.69) is 0 Å². The van der Waals surface area contributed by atoms with Crippen molar-refractivity contribution < 1.29 is 33.0 Å². The predicted molar refractivity (Wildman–Crippen MR) is 65.7 cm³/mol. The van der Waals surface area contributed by atoms with Gasteiger partial charge >= 0.3 is 11.9 Å².